The van der Waals surface area contributed by atoms with Crippen LogP contribution in [0.1, 0.15) is 15.9 Å². The van der Waals surface area contributed by atoms with Crippen molar-refractivity contribution in [3.63, 3.8) is 0 Å². The normalized spacial score (nSPS) is 10.0. The number of alkyl halides is 1. The molecule has 13 heavy (non-hydrogen) atoms. The van der Waals surface area contributed by atoms with Crippen LogP contribution in [-0.4, -0.2) is 22.8 Å². The van der Waals surface area contributed by atoms with Gasteiger partial charge in [-0.2, -0.15) is 0 Å². The summed E-state index contributed by atoms with van der Waals surface area (Å²) in [6.45, 7) is 0.117. The maximum absolute atomic E-state index is 11.3. The molecule has 0 aliphatic rings. The zero-order valence-electron chi connectivity index (χ0n) is 7.16. The van der Waals surface area contributed by atoms with Gasteiger partial charge in [-0.25, -0.2) is 0 Å². The van der Waals surface area contributed by atoms with Crippen LogP contribution in [0.5, 0.6) is 0 Å². The highest BCUT2D eigenvalue weighted by Gasteiger charge is 2.03. The van der Waals surface area contributed by atoms with E-state index in [1.807, 2.05) is 18.2 Å². The van der Waals surface area contributed by atoms with E-state index >= 15 is 0 Å². The first-order valence-electron chi connectivity index (χ1n) is 4.07. The molecule has 0 spiro atoms. The molecule has 70 valence electrons. The van der Waals surface area contributed by atoms with Crippen molar-refractivity contribution in [1.29, 1.82) is 0 Å². The fourth-order valence-corrected chi connectivity index (χ4v) is 1.43. The van der Waals surface area contributed by atoms with Crippen LogP contribution in [-0.2, 0) is 6.42 Å². The molecule has 1 aromatic carbocycles. The van der Waals surface area contributed by atoms with Gasteiger partial charge >= 0.3 is 0 Å². The summed E-state index contributed by atoms with van der Waals surface area (Å²) in [4.78, 5) is 11.3. The third-order valence-corrected chi connectivity index (χ3v) is 2.28. The van der Waals surface area contributed by atoms with Crippen LogP contribution >= 0.6 is 15.9 Å². The molecule has 1 N–H and O–H groups in total. The lowest BCUT2D eigenvalue weighted by atomic mass is 10.1. The molecule has 0 fully saturated rings. The number of hydrogen-bond donors (Lipinski definition) is 1. The number of ketones is 1. The van der Waals surface area contributed by atoms with Gasteiger partial charge in [0.2, 0.25) is 0 Å². The number of rotatable bonds is 4. The molecule has 1 rings (SSSR count). The molecule has 0 aromatic heterocycles. The maximum Gasteiger partial charge on any atom is 0.173 e. The Balaban J connectivity index is 2.85. The Morgan fingerprint density at radius 3 is 2.85 bits per heavy atom. The summed E-state index contributed by atoms with van der Waals surface area (Å²) in [7, 11) is 0. The molecular formula is C10H11BrO2. The van der Waals surface area contributed by atoms with Crippen LogP contribution in [0, 0.1) is 0 Å². The summed E-state index contributed by atoms with van der Waals surface area (Å²) in [6, 6.07) is 7.34. The summed E-state index contributed by atoms with van der Waals surface area (Å²) >= 11 is 3.12. The Morgan fingerprint density at radius 1 is 1.46 bits per heavy atom. The minimum atomic E-state index is 0.0692. The molecule has 3 heteroatoms. The summed E-state index contributed by atoms with van der Waals surface area (Å²) < 4.78 is 0. The lowest BCUT2D eigenvalue weighted by Crippen LogP contribution is -2.01. The molecule has 0 aliphatic heterocycles. The van der Waals surface area contributed by atoms with E-state index in [4.69, 9.17) is 5.11 Å². The standard InChI is InChI=1S/C10H11BrO2/c11-7-10(13)9-3-1-2-8(6-9)4-5-12/h1-3,6,12H,4-5,7H2. The van der Waals surface area contributed by atoms with Gasteiger partial charge in [-0.05, 0) is 18.1 Å². The fourth-order valence-electron chi connectivity index (χ4n) is 1.11. The minimum absolute atomic E-state index is 0.0692. The van der Waals surface area contributed by atoms with Crippen molar-refractivity contribution in [3.8, 4) is 0 Å². The third-order valence-electron chi connectivity index (χ3n) is 1.77. The molecule has 0 bridgehead atoms. The van der Waals surface area contributed by atoms with E-state index in [-0.39, 0.29) is 12.4 Å². The predicted octanol–water partition coefficient (Wildman–Crippen LogP) is 1.80. The molecule has 0 saturated heterocycles. The molecule has 0 unspecified atom stereocenters. The summed E-state index contributed by atoms with van der Waals surface area (Å²) in [5.74, 6) is 0.0692. The second-order valence-electron chi connectivity index (χ2n) is 2.73. The SMILES string of the molecule is O=C(CBr)c1cccc(CCO)c1. The largest absolute Gasteiger partial charge is 0.396 e. The number of carbonyl (C=O) groups is 1. The first kappa shape index (κ1) is 10.4. The van der Waals surface area contributed by atoms with Gasteiger partial charge in [-0.1, -0.05) is 34.1 Å². The zero-order valence-corrected chi connectivity index (χ0v) is 8.75. The number of hydrogen-bond acceptors (Lipinski definition) is 2. The van der Waals surface area contributed by atoms with E-state index < -0.39 is 0 Å². The Labute approximate surface area is 85.7 Å². The Kier molecular flexibility index (Phi) is 4.12. The first-order valence-corrected chi connectivity index (χ1v) is 5.19. The van der Waals surface area contributed by atoms with Gasteiger partial charge in [0.1, 0.15) is 0 Å². The molecule has 0 heterocycles. The molecule has 0 saturated carbocycles. The van der Waals surface area contributed by atoms with Crippen molar-refractivity contribution in [3.05, 3.63) is 35.4 Å². The zero-order chi connectivity index (χ0) is 9.68. The van der Waals surface area contributed by atoms with Crippen LogP contribution in [0.15, 0.2) is 24.3 Å². The van der Waals surface area contributed by atoms with Gasteiger partial charge < -0.3 is 5.11 Å². The Bertz CT molecular complexity index is 297. The summed E-state index contributed by atoms with van der Waals surface area (Å²) in [5, 5.41) is 9.06. The monoisotopic (exact) mass is 242 g/mol. The fraction of sp³-hybridized carbons (Fsp3) is 0.300. The van der Waals surface area contributed by atoms with Crippen LogP contribution in [0.2, 0.25) is 0 Å². The van der Waals surface area contributed by atoms with Crippen molar-refractivity contribution in [2.45, 2.75) is 6.42 Å². The van der Waals surface area contributed by atoms with E-state index in [1.165, 1.54) is 0 Å². The van der Waals surface area contributed by atoms with Crippen LogP contribution in [0.3, 0.4) is 0 Å². The summed E-state index contributed by atoms with van der Waals surface area (Å²) in [5.41, 5.74) is 1.69. The van der Waals surface area contributed by atoms with Crippen LogP contribution in [0.4, 0.5) is 0 Å². The predicted molar refractivity (Wildman–Crippen MR) is 55.4 cm³/mol. The van der Waals surface area contributed by atoms with Crippen molar-refractivity contribution >= 4 is 21.7 Å². The van der Waals surface area contributed by atoms with Gasteiger partial charge in [-0.3, -0.25) is 4.79 Å². The Hall–Kier alpha value is -0.670. The molecule has 0 amide bonds. The van der Waals surface area contributed by atoms with Gasteiger partial charge in [0.25, 0.3) is 0 Å². The highest BCUT2D eigenvalue weighted by Crippen LogP contribution is 2.07. The molecule has 1 aromatic rings. The first-order chi connectivity index (χ1) is 6.27. The van der Waals surface area contributed by atoms with E-state index in [0.717, 1.165) is 5.56 Å². The number of aliphatic hydroxyl groups is 1. The Morgan fingerprint density at radius 2 is 2.23 bits per heavy atom. The highest BCUT2D eigenvalue weighted by atomic mass is 79.9. The van der Waals surface area contributed by atoms with Crippen molar-refractivity contribution < 1.29 is 9.90 Å². The van der Waals surface area contributed by atoms with Crippen molar-refractivity contribution in [2.75, 3.05) is 11.9 Å². The third kappa shape index (κ3) is 2.94. The molecular weight excluding hydrogens is 232 g/mol. The molecule has 0 radical (unpaired) electrons. The van der Waals surface area contributed by atoms with Crippen LogP contribution < -0.4 is 0 Å². The van der Waals surface area contributed by atoms with E-state index in [1.54, 1.807) is 6.07 Å². The number of benzene rings is 1. The van der Waals surface area contributed by atoms with Crippen LogP contribution in [0.25, 0.3) is 0 Å². The second-order valence-corrected chi connectivity index (χ2v) is 3.29. The number of Topliss-reactive ketones (excluding diaryl/α,β-unsaturated/α-hetero) is 1. The van der Waals surface area contributed by atoms with Gasteiger partial charge in [0.05, 0.1) is 5.33 Å². The van der Waals surface area contributed by atoms with E-state index in [9.17, 15) is 4.79 Å². The van der Waals surface area contributed by atoms with Crippen molar-refractivity contribution in [2.24, 2.45) is 0 Å². The number of halogens is 1. The molecule has 0 atom stereocenters. The average Bonchev–Trinajstić information content (AvgIpc) is 2.18. The smallest absolute Gasteiger partial charge is 0.173 e. The number of aliphatic hydroxyl groups excluding tert-OH is 1. The minimum Gasteiger partial charge on any atom is -0.396 e. The molecule has 0 aliphatic carbocycles. The average molecular weight is 243 g/mol. The van der Waals surface area contributed by atoms with Gasteiger partial charge in [-0.15, -0.1) is 0 Å². The van der Waals surface area contributed by atoms with Gasteiger partial charge in [0.15, 0.2) is 5.78 Å². The highest BCUT2D eigenvalue weighted by molar-refractivity contribution is 9.09. The summed E-state index contributed by atoms with van der Waals surface area (Å²) in [6.07, 6.45) is 0.601. The lowest BCUT2D eigenvalue weighted by molar-refractivity contribution is 0.102. The molecule has 2 nitrogen and oxygen atoms in total. The van der Waals surface area contributed by atoms with E-state index in [2.05, 4.69) is 15.9 Å². The second kappa shape index (κ2) is 5.14. The maximum atomic E-state index is 11.3. The van der Waals surface area contributed by atoms with Gasteiger partial charge in [0, 0.05) is 12.2 Å². The quantitative estimate of drug-likeness (QED) is 0.646. The topological polar surface area (TPSA) is 37.3 Å². The lowest BCUT2D eigenvalue weighted by Gasteiger charge is -2.01. The number of carbonyl (C=O) groups excluding carboxylic acids is 1. The van der Waals surface area contributed by atoms with Crippen molar-refractivity contribution in [1.82, 2.24) is 0 Å². The van der Waals surface area contributed by atoms with E-state index in [0.29, 0.717) is 17.3 Å².